The summed E-state index contributed by atoms with van der Waals surface area (Å²) in [5, 5.41) is 2.97. The quantitative estimate of drug-likeness (QED) is 0.873. The third-order valence-electron chi connectivity index (χ3n) is 3.97. The Balaban J connectivity index is 2.00. The molecular formula is C17H13NO3. The minimum Gasteiger partial charge on any atom is -0.497 e. The highest BCUT2D eigenvalue weighted by atomic mass is 16.5. The van der Waals surface area contributed by atoms with Crippen LogP contribution >= 0.6 is 0 Å². The Bertz CT molecular complexity index is 781. The third-order valence-corrected chi connectivity index (χ3v) is 3.97. The predicted octanol–water partition coefficient (Wildman–Crippen LogP) is 2.64. The fourth-order valence-corrected chi connectivity index (χ4v) is 2.97. The van der Waals surface area contributed by atoms with Crippen LogP contribution in [0.2, 0.25) is 0 Å². The van der Waals surface area contributed by atoms with Gasteiger partial charge in [-0.05, 0) is 29.8 Å². The Morgan fingerprint density at radius 1 is 1.14 bits per heavy atom. The van der Waals surface area contributed by atoms with Gasteiger partial charge in [0, 0.05) is 16.7 Å². The van der Waals surface area contributed by atoms with E-state index in [-0.39, 0.29) is 5.91 Å². The number of carbonyl (C=O) groups is 1. The summed E-state index contributed by atoms with van der Waals surface area (Å²) in [6.45, 7) is 0. The molecule has 2 heterocycles. The number of nitrogens with one attached hydrogen (secondary N) is 1. The molecule has 21 heavy (non-hydrogen) atoms. The number of hydrogen-bond donors (Lipinski definition) is 1. The molecule has 1 unspecified atom stereocenters. The van der Waals surface area contributed by atoms with E-state index in [1.165, 1.54) is 0 Å². The molecule has 2 aromatic rings. The van der Waals surface area contributed by atoms with Crippen LogP contribution in [-0.2, 0) is 10.5 Å². The SMILES string of the molecule is COc1ccc2c(c1)C1(NC(=O)c3ccccc31)OC=C2. The fraction of sp³-hybridized carbons (Fsp3) is 0.118. The van der Waals surface area contributed by atoms with Crippen molar-refractivity contribution >= 4 is 12.0 Å². The Labute approximate surface area is 122 Å². The van der Waals surface area contributed by atoms with E-state index in [0.717, 1.165) is 22.4 Å². The van der Waals surface area contributed by atoms with Crippen LogP contribution < -0.4 is 10.1 Å². The van der Waals surface area contributed by atoms with Crippen molar-refractivity contribution in [2.24, 2.45) is 0 Å². The van der Waals surface area contributed by atoms with E-state index in [1.54, 1.807) is 19.4 Å². The first-order chi connectivity index (χ1) is 10.2. The van der Waals surface area contributed by atoms with Gasteiger partial charge >= 0.3 is 0 Å². The smallest absolute Gasteiger partial charge is 0.255 e. The van der Waals surface area contributed by atoms with Gasteiger partial charge < -0.3 is 14.8 Å². The first-order valence-electron chi connectivity index (χ1n) is 6.69. The van der Waals surface area contributed by atoms with E-state index in [2.05, 4.69) is 5.32 Å². The van der Waals surface area contributed by atoms with Gasteiger partial charge in [0.15, 0.2) is 0 Å². The van der Waals surface area contributed by atoms with Crippen LogP contribution in [0.25, 0.3) is 6.08 Å². The van der Waals surface area contributed by atoms with E-state index in [4.69, 9.17) is 9.47 Å². The van der Waals surface area contributed by atoms with Crippen molar-refractivity contribution in [3.63, 3.8) is 0 Å². The zero-order chi connectivity index (χ0) is 14.4. The predicted molar refractivity (Wildman–Crippen MR) is 77.8 cm³/mol. The second-order valence-corrected chi connectivity index (χ2v) is 5.05. The third kappa shape index (κ3) is 1.53. The van der Waals surface area contributed by atoms with Crippen molar-refractivity contribution in [2.45, 2.75) is 5.72 Å². The van der Waals surface area contributed by atoms with Gasteiger partial charge in [-0.3, -0.25) is 4.79 Å². The van der Waals surface area contributed by atoms with Crippen LogP contribution in [0.15, 0.2) is 48.7 Å². The zero-order valence-corrected chi connectivity index (χ0v) is 11.4. The summed E-state index contributed by atoms with van der Waals surface area (Å²) in [4.78, 5) is 12.3. The van der Waals surface area contributed by atoms with E-state index in [9.17, 15) is 4.79 Å². The minimum atomic E-state index is -0.966. The summed E-state index contributed by atoms with van der Waals surface area (Å²) in [5.41, 5.74) is 2.38. The van der Waals surface area contributed by atoms with Crippen LogP contribution in [0.4, 0.5) is 0 Å². The van der Waals surface area contributed by atoms with Crippen molar-refractivity contribution in [1.82, 2.24) is 5.32 Å². The molecule has 0 fully saturated rings. The Kier molecular flexibility index (Phi) is 2.36. The molecule has 4 heteroatoms. The summed E-state index contributed by atoms with van der Waals surface area (Å²) in [5.74, 6) is 0.598. The van der Waals surface area contributed by atoms with Gasteiger partial charge in [0.2, 0.25) is 5.72 Å². The largest absolute Gasteiger partial charge is 0.497 e. The molecule has 1 amide bonds. The Morgan fingerprint density at radius 3 is 2.86 bits per heavy atom. The van der Waals surface area contributed by atoms with Gasteiger partial charge in [-0.2, -0.15) is 0 Å². The molecule has 2 aliphatic heterocycles. The molecule has 2 aliphatic rings. The molecule has 4 nitrogen and oxygen atoms in total. The normalized spacial score (nSPS) is 21.5. The molecule has 0 radical (unpaired) electrons. The first kappa shape index (κ1) is 12.0. The van der Waals surface area contributed by atoms with Gasteiger partial charge in [0.05, 0.1) is 13.4 Å². The lowest BCUT2D eigenvalue weighted by molar-refractivity contribution is 0.0304. The average Bonchev–Trinajstić information content (AvgIpc) is 2.81. The average molecular weight is 279 g/mol. The number of amides is 1. The second-order valence-electron chi connectivity index (χ2n) is 5.05. The summed E-state index contributed by atoms with van der Waals surface area (Å²) >= 11 is 0. The number of hydrogen-bond acceptors (Lipinski definition) is 3. The number of benzene rings is 2. The molecule has 0 aromatic heterocycles. The van der Waals surface area contributed by atoms with Crippen LogP contribution in [-0.4, -0.2) is 13.0 Å². The molecule has 104 valence electrons. The maximum atomic E-state index is 12.3. The Hall–Kier alpha value is -2.75. The van der Waals surface area contributed by atoms with Crippen molar-refractivity contribution in [2.75, 3.05) is 7.11 Å². The van der Waals surface area contributed by atoms with E-state index >= 15 is 0 Å². The minimum absolute atomic E-state index is 0.130. The molecule has 4 rings (SSSR count). The van der Waals surface area contributed by atoms with Gasteiger partial charge in [0.25, 0.3) is 5.91 Å². The number of rotatable bonds is 1. The highest BCUT2D eigenvalue weighted by Crippen LogP contribution is 2.43. The second kappa shape index (κ2) is 4.12. The standard InChI is InChI=1S/C17H13NO3/c1-20-12-7-6-11-8-9-21-17(15(11)10-12)14-5-3-2-4-13(14)16(19)18-17/h2-10H,1H3,(H,18,19). The van der Waals surface area contributed by atoms with Gasteiger partial charge in [-0.1, -0.05) is 24.3 Å². The maximum absolute atomic E-state index is 12.3. The van der Waals surface area contributed by atoms with E-state index in [0.29, 0.717) is 5.56 Å². The molecule has 0 bridgehead atoms. The molecule has 0 aliphatic carbocycles. The van der Waals surface area contributed by atoms with Gasteiger partial charge in [-0.25, -0.2) is 0 Å². The fourth-order valence-electron chi connectivity index (χ4n) is 2.97. The van der Waals surface area contributed by atoms with Gasteiger partial charge in [-0.15, -0.1) is 0 Å². The topological polar surface area (TPSA) is 47.6 Å². The molecule has 0 saturated carbocycles. The highest BCUT2D eigenvalue weighted by Gasteiger charge is 2.48. The van der Waals surface area contributed by atoms with Crippen LogP contribution in [0.5, 0.6) is 5.75 Å². The highest BCUT2D eigenvalue weighted by molar-refractivity contribution is 6.00. The molecule has 2 aromatic carbocycles. The molecule has 1 spiro atoms. The zero-order valence-electron chi connectivity index (χ0n) is 11.4. The monoisotopic (exact) mass is 279 g/mol. The number of ether oxygens (including phenoxy) is 2. The lowest BCUT2D eigenvalue weighted by Gasteiger charge is -2.34. The molecule has 1 atom stereocenters. The van der Waals surface area contributed by atoms with Crippen LogP contribution in [0.1, 0.15) is 27.0 Å². The number of fused-ring (bicyclic) bond motifs is 4. The summed E-state index contributed by atoms with van der Waals surface area (Å²) in [6.07, 6.45) is 3.50. The molecule has 0 saturated heterocycles. The summed E-state index contributed by atoms with van der Waals surface area (Å²) in [7, 11) is 1.62. The lowest BCUT2D eigenvalue weighted by atomic mass is 9.89. The van der Waals surface area contributed by atoms with Crippen molar-refractivity contribution in [1.29, 1.82) is 0 Å². The molecule has 1 N–H and O–H groups in total. The van der Waals surface area contributed by atoms with Crippen LogP contribution in [0, 0.1) is 0 Å². The van der Waals surface area contributed by atoms with E-state index in [1.807, 2.05) is 42.5 Å². The Morgan fingerprint density at radius 2 is 2.00 bits per heavy atom. The van der Waals surface area contributed by atoms with Crippen molar-refractivity contribution in [3.05, 3.63) is 71.0 Å². The first-order valence-corrected chi connectivity index (χ1v) is 6.69. The summed E-state index contributed by atoms with van der Waals surface area (Å²) < 4.78 is 11.2. The van der Waals surface area contributed by atoms with Crippen molar-refractivity contribution in [3.8, 4) is 5.75 Å². The summed E-state index contributed by atoms with van der Waals surface area (Å²) in [6, 6.07) is 13.2. The maximum Gasteiger partial charge on any atom is 0.255 e. The number of methoxy groups -OCH3 is 1. The number of carbonyl (C=O) groups excluding carboxylic acids is 1. The van der Waals surface area contributed by atoms with Crippen LogP contribution in [0.3, 0.4) is 0 Å². The molecular weight excluding hydrogens is 266 g/mol. The van der Waals surface area contributed by atoms with Crippen molar-refractivity contribution < 1.29 is 14.3 Å². The van der Waals surface area contributed by atoms with Gasteiger partial charge in [0.1, 0.15) is 5.75 Å². The lowest BCUT2D eigenvalue weighted by Crippen LogP contribution is -2.43. The van der Waals surface area contributed by atoms with E-state index < -0.39 is 5.72 Å².